The topological polar surface area (TPSA) is 63.0 Å². The summed E-state index contributed by atoms with van der Waals surface area (Å²) in [6, 6.07) is 3.33. The Kier molecular flexibility index (Phi) is 5.30. The first-order chi connectivity index (χ1) is 9.95. The number of nitrogens with one attached hydrogen (secondary N) is 2. The second-order valence-electron chi connectivity index (χ2n) is 5.23. The van der Waals surface area contributed by atoms with Crippen molar-refractivity contribution in [3.8, 4) is 0 Å². The molecule has 0 radical (unpaired) electrons. The van der Waals surface area contributed by atoms with Crippen LogP contribution in [-0.4, -0.2) is 16.7 Å². The number of rotatable bonds is 6. The quantitative estimate of drug-likeness (QED) is 0.824. The van der Waals surface area contributed by atoms with E-state index in [0.717, 1.165) is 12.1 Å². The van der Waals surface area contributed by atoms with E-state index in [2.05, 4.69) is 50.6 Å². The summed E-state index contributed by atoms with van der Waals surface area (Å²) >= 11 is 3.15. The van der Waals surface area contributed by atoms with Crippen LogP contribution in [0.15, 0.2) is 21.0 Å². The Labute approximate surface area is 131 Å². The van der Waals surface area contributed by atoms with Gasteiger partial charge in [-0.15, -0.1) is 5.10 Å². The fourth-order valence-electron chi connectivity index (χ4n) is 1.74. The van der Waals surface area contributed by atoms with Crippen LogP contribution in [-0.2, 0) is 6.54 Å². The molecule has 1 aromatic heterocycles. The van der Waals surface area contributed by atoms with Crippen molar-refractivity contribution >= 4 is 27.6 Å². The number of benzene rings is 1. The van der Waals surface area contributed by atoms with E-state index in [9.17, 15) is 4.39 Å². The van der Waals surface area contributed by atoms with Crippen molar-refractivity contribution in [1.29, 1.82) is 0 Å². The second-order valence-corrected chi connectivity index (χ2v) is 6.09. The lowest BCUT2D eigenvalue weighted by molar-refractivity contribution is 0.460. The molecule has 21 heavy (non-hydrogen) atoms. The number of anilines is 2. The van der Waals surface area contributed by atoms with Gasteiger partial charge in [-0.1, -0.05) is 18.9 Å². The summed E-state index contributed by atoms with van der Waals surface area (Å²) in [6.07, 6.45) is 0. The fourth-order valence-corrected chi connectivity index (χ4v) is 2.20. The van der Waals surface area contributed by atoms with E-state index < -0.39 is 0 Å². The summed E-state index contributed by atoms with van der Waals surface area (Å²) in [4.78, 5) is 0. The van der Waals surface area contributed by atoms with Crippen LogP contribution < -0.4 is 10.6 Å². The van der Waals surface area contributed by atoms with Gasteiger partial charge in [0, 0.05) is 5.69 Å². The summed E-state index contributed by atoms with van der Waals surface area (Å²) in [5.74, 6) is 0.703. The average molecular weight is 357 g/mol. The number of hydrogen-bond acceptors (Lipinski definition) is 5. The number of hydrogen-bond donors (Lipinski definition) is 2. The van der Waals surface area contributed by atoms with Crippen molar-refractivity contribution in [2.75, 3.05) is 11.9 Å². The first-order valence-electron chi connectivity index (χ1n) is 6.71. The number of aromatic nitrogens is 2. The lowest BCUT2D eigenvalue weighted by Crippen LogP contribution is -2.19. The summed E-state index contributed by atoms with van der Waals surface area (Å²) in [6.45, 7) is 7.51. The molecule has 0 unspecified atom stereocenters. The number of halogens is 2. The Morgan fingerprint density at radius 1 is 1.33 bits per heavy atom. The van der Waals surface area contributed by atoms with Crippen LogP contribution in [0.1, 0.15) is 25.3 Å². The Morgan fingerprint density at radius 2 is 2.10 bits per heavy atom. The molecule has 0 amide bonds. The molecule has 7 heteroatoms. The zero-order valence-corrected chi connectivity index (χ0v) is 13.8. The van der Waals surface area contributed by atoms with Gasteiger partial charge in [0.25, 0.3) is 0 Å². The van der Waals surface area contributed by atoms with Crippen LogP contribution in [0, 0.1) is 18.7 Å². The highest BCUT2D eigenvalue weighted by Gasteiger charge is 2.10. The highest BCUT2D eigenvalue weighted by molar-refractivity contribution is 9.10. The lowest BCUT2D eigenvalue weighted by Gasteiger charge is -2.07. The van der Waals surface area contributed by atoms with E-state index in [-0.39, 0.29) is 11.8 Å². The minimum absolute atomic E-state index is 0.251. The third-order valence-corrected chi connectivity index (χ3v) is 3.41. The van der Waals surface area contributed by atoms with E-state index in [4.69, 9.17) is 4.42 Å². The Balaban J connectivity index is 2.01. The molecule has 0 spiro atoms. The zero-order chi connectivity index (χ0) is 15.4. The van der Waals surface area contributed by atoms with E-state index in [1.165, 1.54) is 6.07 Å². The largest absolute Gasteiger partial charge is 0.406 e. The highest BCUT2D eigenvalue weighted by Crippen LogP contribution is 2.26. The first-order valence-corrected chi connectivity index (χ1v) is 7.50. The van der Waals surface area contributed by atoms with Gasteiger partial charge in [0.1, 0.15) is 5.82 Å². The third-order valence-electron chi connectivity index (χ3n) is 2.80. The van der Waals surface area contributed by atoms with Gasteiger partial charge in [-0.3, -0.25) is 0 Å². The van der Waals surface area contributed by atoms with Crippen molar-refractivity contribution < 1.29 is 8.81 Å². The molecule has 0 fully saturated rings. The molecule has 0 aliphatic carbocycles. The fraction of sp³-hybridized carbons (Fsp3) is 0.429. The first kappa shape index (κ1) is 15.9. The van der Waals surface area contributed by atoms with Crippen molar-refractivity contribution in [1.82, 2.24) is 15.5 Å². The van der Waals surface area contributed by atoms with Crippen molar-refractivity contribution in [2.24, 2.45) is 5.92 Å². The van der Waals surface area contributed by atoms with Gasteiger partial charge >= 0.3 is 6.01 Å². The van der Waals surface area contributed by atoms with Gasteiger partial charge < -0.3 is 15.1 Å². The van der Waals surface area contributed by atoms with Crippen molar-refractivity contribution in [2.45, 2.75) is 27.3 Å². The molecule has 0 saturated heterocycles. The molecule has 1 aromatic carbocycles. The Bertz CT molecular complexity index is 615. The van der Waals surface area contributed by atoms with Crippen LogP contribution in [0.25, 0.3) is 0 Å². The summed E-state index contributed by atoms with van der Waals surface area (Å²) in [5, 5.41) is 14.0. The van der Waals surface area contributed by atoms with Crippen molar-refractivity contribution in [3.05, 3.63) is 33.9 Å². The van der Waals surface area contributed by atoms with E-state index in [0.29, 0.717) is 28.5 Å². The molecule has 2 rings (SSSR count). The van der Waals surface area contributed by atoms with Crippen molar-refractivity contribution in [3.63, 3.8) is 0 Å². The molecular weight excluding hydrogens is 339 g/mol. The predicted octanol–water partition coefficient (Wildman–Crippen LogP) is 3.77. The predicted molar refractivity (Wildman–Crippen MR) is 83.0 cm³/mol. The van der Waals surface area contributed by atoms with Crippen LogP contribution in [0.5, 0.6) is 0 Å². The smallest absolute Gasteiger partial charge is 0.320 e. The molecule has 5 nitrogen and oxygen atoms in total. The minimum atomic E-state index is -0.346. The van der Waals surface area contributed by atoms with Crippen LogP contribution in [0.4, 0.5) is 16.1 Å². The molecule has 0 aliphatic heterocycles. The summed E-state index contributed by atoms with van der Waals surface area (Å²) in [7, 11) is 0. The van der Waals surface area contributed by atoms with Crippen LogP contribution in [0.3, 0.4) is 0 Å². The van der Waals surface area contributed by atoms with Gasteiger partial charge in [0.15, 0.2) is 0 Å². The summed E-state index contributed by atoms with van der Waals surface area (Å²) in [5.41, 5.74) is 1.47. The van der Waals surface area contributed by atoms with E-state index in [1.54, 1.807) is 6.07 Å². The molecule has 2 aromatic rings. The lowest BCUT2D eigenvalue weighted by atomic mass is 10.2. The van der Waals surface area contributed by atoms with Crippen LogP contribution in [0.2, 0.25) is 0 Å². The maximum absolute atomic E-state index is 13.5. The van der Waals surface area contributed by atoms with Gasteiger partial charge in [-0.05, 0) is 53.0 Å². The van der Waals surface area contributed by atoms with E-state index >= 15 is 0 Å². The minimum Gasteiger partial charge on any atom is -0.406 e. The monoisotopic (exact) mass is 356 g/mol. The second kappa shape index (κ2) is 7.00. The zero-order valence-electron chi connectivity index (χ0n) is 12.2. The van der Waals surface area contributed by atoms with Gasteiger partial charge in [-0.25, -0.2) is 4.39 Å². The summed E-state index contributed by atoms with van der Waals surface area (Å²) < 4.78 is 19.4. The standard InChI is InChI=1S/C14H18BrFN4O/c1-8(2)6-17-7-13-19-20-14(21-13)18-12-5-11(16)10(15)4-9(12)3/h4-5,8,17H,6-7H2,1-3H3,(H,18,20). The highest BCUT2D eigenvalue weighted by atomic mass is 79.9. The maximum atomic E-state index is 13.5. The number of aryl methyl sites for hydroxylation is 1. The molecular formula is C14H18BrFN4O. The molecule has 0 bridgehead atoms. The third kappa shape index (κ3) is 4.50. The molecule has 0 saturated carbocycles. The van der Waals surface area contributed by atoms with Gasteiger partial charge in [0.05, 0.1) is 11.0 Å². The van der Waals surface area contributed by atoms with E-state index in [1.807, 2.05) is 6.92 Å². The van der Waals surface area contributed by atoms with Gasteiger partial charge in [-0.2, -0.15) is 0 Å². The van der Waals surface area contributed by atoms with Crippen LogP contribution >= 0.6 is 15.9 Å². The Hall–Kier alpha value is -1.47. The molecule has 0 aliphatic rings. The molecule has 0 atom stereocenters. The SMILES string of the molecule is Cc1cc(Br)c(F)cc1Nc1nnc(CNCC(C)C)o1. The molecule has 114 valence electrons. The molecule has 1 heterocycles. The number of nitrogens with zero attached hydrogens (tertiary/aromatic N) is 2. The molecule has 2 N–H and O–H groups in total. The average Bonchev–Trinajstić information content (AvgIpc) is 2.83. The normalized spacial score (nSPS) is 11.1. The maximum Gasteiger partial charge on any atom is 0.320 e. The Morgan fingerprint density at radius 3 is 2.81 bits per heavy atom. The van der Waals surface area contributed by atoms with Gasteiger partial charge in [0.2, 0.25) is 5.89 Å².